The smallest absolute Gasteiger partial charge is 0.254 e. The quantitative estimate of drug-likeness (QED) is 0.225. The summed E-state index contributed by atoms with van der Waals surface area (Å²) in [6, 6.07) is 10.0. The Morgan fingerprint density at radius 3 is 2.75 bits per heavy atom. The summed E-state index contributed by atoms with van der Waals surface area (Å²) in [5.74, 6) is 3.64. The lowest BCUT2D eigenvalue weighted by molar-refractivity contribution is 0.0998. The number of nitrogens with two attached hydrogens (primary N) is 2. The van der Waals surface area contributed by atoms with E-state index in [2.05, 4.69) is 27.8 Å². The summed E-state index contributed by atoms with van der Waals surface area (Å²) in [4.78, 5) is 24.9. The van der Waals surface area contributed by atoms with Crippen molar-refractivity contribution < 1.29 is 9.18 Å². The van der Waals surface area contributed by atoms with E-state index in [4.69, 9.17) is 11.6 Å². The van der Waals surface area contributed by atoms with Crippen LogP contribution in [-0.4, -0.2) is 17.0 Å². The third-order valence-corrected chi connectivity index (χ3v) is 5.98. The number of nitrogens with zero attached hydrogens (tertiary/aromatic N) is 3. The molecule has 0 fully saturated rings. The van der Waals surface area contributed by atoms with Crippen LogP contribution in [0.1, 0.15) is 47.3 Å². The molecule has 0 bridgehead atoms. The minimum absolute atomic E-state index is 0.0113. The van der Waals surface area contributed by atoms with Gasteiger partial charge in [-0.3, -0.25) is 9.59 Å². The molecule has 8 nitrogen and oxygen atoms in total. The molecule has 0 spiro atoms. The molecule has 2 aromatic carbocycles. The van der Waals surface area contributed by atoms with Crippen LogP contribution >= 0.6 is 0 Å². The molecule has 0 saturated heterocycles. The summed E-state index contributed by atoms with van der Waals surface area (Å²) in [5.41, 5.74) is 6.96. The highest BCUT2D eigenvalue weighted by atomic mass is 19.1. The number of aryl methyl sites for hydroxylation is 2. The minimum Gasteiger partial charge on any atom is -0.382 e. The van der Waals surface area contributed by atoms with E-state index in [1.165, 1.54) is 11.8 Å². The Morgan fingerprint density at radius 2 is 2.06 bits per heavy atom. The maximum absolute atomic E-state index is 15.6. The molecule has 0 unspecified atom stereocenters. The first kappa shape index (κ1) is 21.5. The highest BCUT2D eigenvalue weighted by molar-refractivity contribution is 6.02. The van der Waals surface area contributed by atoms with Crippen molar-refractivity contribution in [1.29, 1.82) is 0 Å². The molecule has 1 aliphatic heterocycles. The number of nitrogens with one attached hydrogen (secondary N) is 1. The Balaban J connectivity index is 1.82. The van der Waals surface area contributed by atoms with Crippen LogP contribution in [0.25, 0.3) is 10.9 Å². The lowest BCUT2D eigenvalue weighted by Gasteiger charge is -2.29. The molecule has 4 rings (SSSR count). The van der Waals surface area contributed by atoms with Crippen molar-refractivity contribution in [3.63, 3.8) is 0 Å². The second kappa shape index (κ2) is 8.78. The van der Waals surface area contributed by atoms with Crippen LogP contribution < -0.4 is 22.3 Å². The van der Waals surface area contributed by atoms with Crippen LogP contribution in [0.4, 0.5) is 15.8 Å². The van der Waals surface area contributed by atoms with Gasteiger partial charge < -0.3 is 21.5 Å². The van der Waals surface area contributed by atoms with Crippen molar-refractivity contribution in [2.75, 3.05) is 11.9 Å². The van der Waals surface area contributed by atoms with Crippen LogP contribution in [0, 0.1) is 5.82 Å². The molecule has 9 heteroatoms. The zero-order valence-corrected chi connectivity index (χ0v) is 17.8. The van der Waals surface area contributed by atoms with Crippen LogP contribution in [0.2, 0.25) is 0 Å². The van der Waals surface area contributed by atoms with Crippen molar-refractivity contribution in [1.82, 2.24) is 4.57 Å². The van der Waals surface area contributed by atoms with E-state index in [-0.39, 0.29) is 22.7 Å². The number of aromatic nitrogens is 1. The van der Waals surface area contributed by atoms with Crippen LogP contribution in [-0.2, 0) is 12.8 Å². The van der Waals surface area contributed by atoms with E-state index in [0.29, 0.717) is 29.7 Å². The van der Waals surface area contributed by atoms with Gasteiger partial charge in [-0.15, -0.1) is 5.11 Å². The first-order chi connectivity index (χ1) is 15.4. The van der Waals surface area contributed by atoms with Gasteiger partial charge in [0.1, 0.15) is 11.3 Å². The molecule has 166 valence electrons. The maximum atomic E-state index is 15.6. The number of primary amides is 1. The van der Waals surface area contributed by atoms with Gasteiger partial charge in [0.05, 0.1) is 16.6 Å². The van der Waals surface area contributed by atoms with Gasteiger partial charge >= 0.3 is 0 Å². The zero-order chi connectivity index (χ0) is 22.8. The molecule has 1 aromatic heterocycles. The molecule has 0 aliphatic carbocycles. The van der Waals surface area contributed by atoms with E-state index in [9.17, 15) is 9.59 Å². The van der Waals surface area contributed by atoms with Gasteiger partial charge in [-0.2, -0.15) is 0 Å². The Labute approximate surface area is 184 Å². The lowest BCUT2D eigenvalue weighted by atomic mass is 9.93. The molecule has 32 heavy (non-hydrogen) atoms. The van der Waals surface area contributed by atoms with E-state index in [0.717, 1.165) is 19.3 Å². The van der Waals surface area contributed by atoms with Gasteiger partial charge in [-0.05, 0) is 38.2 Å². The van der Waals surface area contributed by atoms with Gasteiger partial charge in [-0.1, -0.05) is 35.6 Å². The van der Waals surface area contributed by atoms with Gasteiger partial charge in [0, 0.05) is 24.3 Å². The lowest BCUT2D eigenvalue weighted by Crippen LogP contribution is -2.28. The molecule has 1 amide bonds. The predicted octanol–water partition coefficient (Wildman–Crippen LogP) is 3.75. The third-order valence-electron chi connectivity index (χ3n) is 5.98. The summed E-state index contributed by atoms with van der Waals surface area (Å²) in [6.45, 7) is 2.50. The Kier molecular flexibility index (Phi) is 5.89. The number of carbonyl (C=O) groups is 1. The molecular formula is C23H25FN6O2. The number of anilines is 1. The molecule has 1 aliphatic rings. The molecular weight excluding hydrogens is 411 g/mol. The van der Waals surface area contributed by atoms with Gasteiger partial charge in [-0.25, -0.2) is 4.39 Å². The third kappa shape index (κ3) is 3.70. The Hall–Kier alpha value is -3.75. The minimum atomic E-state index is -0.876. The highest BCUT2D eigenvalue weighted by Crippen LogP contribution is 2.42. The van der Waals surface area contributed by atoms with Crippen LogP contribution in [0.3, 0.4) is 0 Å². The summed E-state index contributed by atoms with van der Waals surface area (Å²) in [5, 5.41) is 10.1. The SMILES string of the molecule is C[C@H]1CCc2c(NCCCc3ccccc3)c(F)c(N=NN)c3c(=O)c(C(N)=O)cn1c23. The zero-order valence-electron chi connectivity index (χ0n) is 17.8. The van der Waals surface area contributed by atoms with Crippen LogP contribution in [0.15, 0.2) is 51.7 Å². The predicted molar refractivity (Wildman–Crippen MR) is 122 cm³/mol. The van der Waals surface area contributed by atoms with E-state index < -0.39 is 17.2 Å². The first-order valence-corrected chi connectivity index (χ1v) is 10.6. The van der Waals surface area contributed by atoms with Crippen molar-refractivity contribution >= 4 is 28.2 Å². The largest absolute Gasteiger partial charge is 0.382 e. The number of pyridine rings is 1. The highest BCUT2D eigenvalue weighted by Gasteiger charge is 2.29. The molecule has 2 heterocycles. The molecule has 3 aromatic rings. The van der Waals surface area contributed by atoms with Gasteiger partial charge in [0.25, 0.3) is 5.91 Å². The summed E-state index contributed by atoms with van der Waals surface area (Å²) >= 11 is 0. The average Bonchev–Trinajstić information content (AvgIpc) is 2.78. The van der Waals surface area contributed by atoms with E-state index in [1.807, 2.05) is 25.1 Å². The molecule has 1 atom stereocenters. The van der Waals surface area contributed by atoms with E-state index in [1.54, 1.807) is 4.57 Å². The Morgan fingerprint density at radius 1 is 1.31 bits per heavy atom. The number of carbonyl (C=O) groups excluding carboxylic acids is 1. The van der Waals surface area contributed by atoms with Gasteiger partial charge in [0.15, 0.2) is 5.82 Å². The van der Waals surface area contributed by atoms with Crippen molar-refractivity contribution in [3.05, 3.63) is 69.3 Å². The van der Waals surface area contributed by atoms with Crippen molar-refractivity contribution in [2.24, 2.45) is 21.9 Å². The number of benzene rings is 2. The number of amides is 1. The second-order valence-corrected chi connectivity index (χ2v) is 8.00. The van der Waals surface area contributed by atoms with Crippen molar-refractivity contribution in [2.45, 2.75) is 38.6 Å². The van der Waals surface area contributed by atoms with Gasteiger partial charge in [0.2, 0.25) is 5.43 Å². The number of hydrogen-bond donors (Lipinski definition) is 3. The fraction of sp³-hybridized carbons (Fsp3) is 0.304. The van der Waals surface area contributed by atoms with E-state index >= 15 is 4.39 Å². The van der Waals surface area contributed by atoms with Crippen LogP contribution in [0.5, 0.6) is 0 Å². The number of hydrogen-bond acceptors (Lipinski definition) is 5. The second-order valence-electron chi connectivity index (χ2n) is 8.00. The topological polar surface area (TPSA) is 128 Å². The normalized spacial score (nSPS) is 15.4. The molecule has 0 radical (unpaired) electrons. The summed E-state index contributed by atoms with van der Waals surface area (Å²) < 4.78 is 17.4. The maximum Gasteiger partial charge on any atom is 0.254 e. The average molecular weight is 436 g/mol. The monoisotopic (exact) mass is 436 g/mol. The summed E-state index contributed by atoms with van der Waals surface area (Å²) in [6.07, 6.45) is 4.39. The fourth-order valence-corrected chi connectivity index (χ4v) is 4.38. The number of rotatable bonds is 7. The fourth-order valence-electron chi connectivity index (χ4n) is 4.38. The molecule has 0 saturated carbocycles. The number of halogens is 1. The summed E-state index contributed by atoms with van der Waals surface area (Å²) in [7, 11) is 0. The van der Waals surface area contributed by atoms with Crippen molar-refractivity contribution in [3.8, 4) is 0 Å². The first-order valence-electron chi connectivity index (χ1n) is 10.6. The standard InChI is InChI=1S/C23H25FN6O2/c1-13-9-10-15-19(27-11-5-8-14-6-3-2-4-7-14)18(24)20(28-29-26)17-21(15)30(13)12-16(22(17)31)23(25)32/h2-4,6-7,12-13,27H,5,8-11H2,1H3,(H2,25,32)(H2,26,28)/t13-/m0/s1. The molecule has 5 N–H and O–H groups in total. The Bertz CT molecular complexity index is 1270.